The standard InChI is InChI=1S/C32H51ClN4O2/c1-30(2,3)36-19-24(28(21-36)23-8-10-25(33)11-9-23)18-35-17-14-27(20-35)37(29(38)32(6,7)22-34-39)26-12-15-31(4,5)16-13-26/h8-11,22,24,26-28,39H,12-21H2,1-7H3/b34-22+/t24-,27-,28-/m0/s1. The molecular weight excluding hydrogens is 508 g/mol. The van der Waals surface area contributed by atoms with Crippen LogP contribution in [0.3, 0.4) is 0 Å². The van der Waals surface area contributed by atoms with Gasteiger partial charge >= 0.3 is 0 Å². The fourth-order valence-corrected chi connectivity index (χ4v) is 7.18. The van der Waals surface area contributed by atoms with Crippen LogP contribution >= 0.6 is 11.6 Å². The molecule has 218 valence electrons. The van der Waals surface area contributed by atoms with Gasteiger partial charge in [-0.05, 0) is 95.8 Å². The number of amides is 1. The highest BCUT2D eigenvalue weighted by Crippen LogP contribution is 2.41. The lowest BCUT2D eigenvalue weighted by molar-refractivity contribution is -0.143. The van der Waals surface area contributed by atoms with E-state index < -0.39 is 5.41 Å². The average molecular weight is 559 g/mol. The maximum Gasteiger partial charge on any atom is 0.234 e. The summed E-state index contributed by atoms with van der Waals surface area (Å²) in [5, 5.41) is 13.3. The third-order valence-electron chi connectivity index (χ3n) is 9.69. The van der Waals surface area contributed by atoms with Crippen LogP contribution in [0.2, 0.25) is 5.02 Å². The van der Waals surface area contributed by atoms with Crippen molar-refractivity contribution in [2.75, 3.05) is 32.7 Å². The van der Waals surface area contributed by atoms with E-state index in [9.17, 15) is 10.0 Å². The number of nitrogens with zero attached hydrogens (tertiary/aromatic N) is 4. The molecule has 2 heterocycles. The Kier molecular flexibility index (Phi) is 9.10. The third-order valence-corrected chi connectivity index (χ3v) is 9.94. The summed E-state index contributed by atoms with van der Waals surface area (Å²) in [5.74, 6) is 1.09. The highest BCUT2D eigenvalue weighted by molar-refractivity contribution is 6.30. The Balaban J connectivity index is 1.51. The van der Waals surface area contributed by atoms with Crippen molar-refractivity contribution in [1.82, 2.24) is 14.7 Å². The van der Waals surface area contributed by atoms with Gasteiger partial charge in [-0.1, -0.05) is 37.6 Å². The minimum atomic E-state index is -0.826. The summed E-state index contributed by atoms with van der Waals surface area (Å²) in [6.07, 6.45) is 6.77. The second-order valence-electron chi connectivity index (χ2n) is 14.8. The molecule has 0 spiro atoms. The highest BCUT2D eigenvalue weighted by Gasteiger charge is 2.44. The number of rotatable bonds is 7. The summed E-state index contributed by atoms with van der Waals surface area (Å²) >= 11 is 6.22. The largest absolute Gasteiger partial charge is 0.411 e. The quantitative estimate of drug-likeness (QED) is 0.235. The van der Waals surface area contributed by atoms with E-state index in [2.05, 4.69) is 66.6 Å². The lowest BCUT2D eigenvalue weighted by atomic mass is 9.74. The number of oxime groups is 1. The second-order valence-corrected chi connectivity index (χ2v) is 15.2. The van der Waals surface area contributed by atoms with Crippen LogP contribution in [0, 0.1) is 16.7 Å². The van der Waals surface area contributed by atoms with Gasteiger partial charge in [-0.3, -0.25) is 9.69 Å². The van der Waals surface area contributed by atoms with E-state index >= 15 is 0 Å². The van der Waals surface area contributed by atoms with Gasteiger partial charge in [0.1, 0.15) is 0 Å². The molecule has 1 amide bonds. The van der Waals surface area contributed by atoms with Crippen LogP contribution < -0.4 is 0 Å². The molecule has 2 aliphatic heterocycles. The molecule has 2 saturated heterocycles. The van der Waals surface area contributed by atoms with Crippen LogP contribution in [0.25, 0.3) is 0 Å². The maximum absolute atomic E-state index is 14.0. The molecule has 1 saturated carbocycles. The van der Waals surface area contributed by atoms with Crippen molar-refractivity contribution in [3.63, 3.8) is 0 Å². The van der Waals surface area contributed by atoms with Gasteiger partial charge in [0.15, 0.2) is 0 Å². The number of carbonyl (C=O) groups is 1. The van der Waals surface area contributed by atoms with Crippen molar-refractivity contribution >= 4 is 23.7 Å². The summed E-state index contributed by atoms with van der Waals surface area (Å²) in [6.45, 7) is 20.5. The monoisotopic (exact) mass is 558 g/mol. The summed E-state index contributed by atoms with van der Waals surface area (Å²) in [7, 11) is 0. The van der Waals surface area contributed by atoms with Gasteiger partial charge in [-0.2, -0.15) is 0 Å². The molecule has 1 aromatic carbocycles. The predicted octanol–water partition coefficient (Wildman–Crippen LogP) is 6.51. The van der Waals surface area contributed by atoms with Crippen LogP contribution in [-0.2, 0) is 4.79 Å². The first-order valence-electron chi connectivity index (χ1n) is 14.9. The second kappa shape index (κ2) is 11.7. The van der Waals surface area contributed by atoms with Crippen LogP contribution in [0.5, 0.6) is 0 Å². The fourth-order valence-electron chi connectivity index (χ4n) is 7.05. The molecule has 39 heavy (non-hydrogen) atoms. The molecule has 1 N–H and O–H groups in total. The molecule has 0 radical (unpaired) electrons. The zero-order valence-electron chi connectivity index (χ0n) is 25.3. The summed E-state index contributed by atoms with van der Waals surface area (Å²) in [6, 6.07) is 8.90. The number of carbonyl (C=O) groups excluding carboxylic acids is 1. The Hall–Kier alpha value is -1.63. The van der Waals surface area contributed by atoms with E-state index in [1.54, 1.807) is 0 Å². The SMILES string of the molecule is CC1(C)CCC(N(C(=O)C(C)(C)/C=N/O)[C@H]2CCN(C[C@H]3CN(C(C)(C)C)C[C@H]3c3ccc(Cl)cc3)C2)CC1. The Labute approximate surface area is 241 Å². The molecule has 0 aromatic heterocycles. The maximum atomic E-state index is 14.0. The number of benzene rings is 1. The van der Waals surface area contributed by atoms with Gasteiger partial charge in [0.05, 0.1) is 11.6 Å². The first-order chi connectivity index (χ1) is 18.2. The van der Waals surface area contributed by atoms with Gasteiger partial charge in [0.25, 0.3) is 0 Å². The molecule has 7 heteroatoms. The Morgan fingerprint density at radius 3 is 2.28 bits per heavy atom. The van der Waals surface area contributed by atoms with Gasteiger partial charge in [0.2, 0.25) is 5.91 Å². The molecule has 0 unspecified atom stereocenters. The van der Waals surface area contributed by atoms with Gasteiger partial charge < -0.3 is 15.0 Å². The first-order valence-corrected chi connectivity index (χ1v) is 15.3. The van der Waals surface area contributed by atoms with Crippen molar-refractivity contribution in [3.05, 3.63) is 34.9 Å². The van der Waals surface area contributed by atoms with Gasteiger partial charge in [-0.15, -0.1) is 5.16 Å². The molecule has 1 aromatic rings. The van der Waals surface area contributed by atoms with Crippen molar-refractivity contribution in [3.8, 4) is 0 Å². The van der Waals surface area contributed by atoms with Crippen LogP contribution in [0.15, 0.2) is 29.4 Å². The van der Waals surface area contributed by atoms with Gasteiger partial charge in [-0.25, -0.2) is 0 Å². The molecule has 3 atom stereocenters. The number of halogens is 1. The zero-order valence-corrected chi connectivity index (χ0v) is 26.0. The lowest BCUT2D eigenvalue weighted by Crippen LogP contribution is -2.54. The molecule has 3 fully saturated rings. The number of hydrogen-bond donors (Lipinski definition) is 1. The van der Waals surface area contributed by atoms with E-state index in [1.807, 2.05) is 26.0 Å². The van der Waals surface area contributed by atoms with Crippen molar-refractivity contribution < 1.29 is 10.0 Å². The topological polar surface area (TPSA) is 59.4 Å². The van der Waals surface area contributed by atoms with Gasteiger partial charge in [0, 0.05) is 61.3 Å². The van der Waals surface area contributed by atoms with E-state index in [0.717, 1.165) is 69.9 Å². The van der Waals surface area contributed by atoms with Crippen molar-refractivity contribution in [2.45, 2.75) is 104 Å². The Morgan fingerprint density at radius 1 is 1.05 bits per heavy atom. The molecular formula is C32H51ClN4O2. The number of likely N-dealkylation sites (tertiary alicyclic amines) is 2. The van der Waals surface area contributed by atoms with E-state index in [4.69, 9.17) is 11.6 Å². The minimum Gasteiger partial charge on any atom is -0.411 e. The molecule has 3 aliphatic rings. The molecule has 0 bridgehead atoms. The van der Waals surface area contributed by atoms with Crippen molar-refractivity contribution in [1.29, 1.82) is 0 Å². The highest BCUT2D eigenvalue weighted by atomic mass is 35.5. The van der Waals surface area contributed by atoms with Crippen molar-refractivity contribution in [2.24, 2.45) is 21.9 Å². The lowest BCUT2D eigenvalue weighted by Gasteiger charge is -2.45. The molecule has 1 aliphatic carbocycles. The van der Waals surface area contributed by atoms with E-state index in [-0.39, 0.29) is 23.5 Å². The smallest absolute Gasteiger partial charge is 0.234 e. The molecule has 4 rings (SSSR count). The summed E-state index contributed by atoms with van der Waals surface area (Å²) < 4.78 is 0. The van der Waals surface area contributed by atoms with Crippen LogP contribution in [0.1, 0.15) is 92.1 Å². The third kappa shape index (κ3) is 7.18. The van der Waals surface area contributed by atoms with E-state index in [1.165, 1.54) is 11.8 Å². The summed E-state index contributed by atoms with van der Waals surface area (Å²) in [5.41, 5.74) is 1.02. The Bertz CT molecular complexity index is 1010. The summed E-state index contributed by atoms with van der Waals surface area (Å²) in [4.78, 5) is 21.4. The first kappa shape index (κ1) is 30.3. The Morgan fingerprint density at radius 2 is 1.69 bits per heavy atom. The average Bonchev–Trinajstić information content (AvgIpc) is 3.48. The fraction of sp³-hybridized carbons (Fsp3) is 0.750. The normalized spacial score (nSPS) is 27.4. The van der Waals surface area contributed by atoms with Crippen LogP contribution in [-0.4, -0.2) is 82.4 Å². The number of hydrogen-bond acceptors (Lipinski definition) is 5. The predicted molar refractivity (Wildman–Crippen MR) is 161 cm³/mol. The zero-order chi connectivity index (χ0) is 28.6. The molecule has 6 nitrogen and oxygen atoms in total. The minimum absolute atomic E-state index is 0.0932. The van der Waals surface area contributed by atoms with Crippen LogP contribution in [0.4, 0.5) is 0 Å². The van der Waals surface area contributed by atoms with E-state index in [0.29, 0.717) is 17.3 Å².